The van der Waals surface area contributed by atoms with Crippen LogP contribution in [0.4, 0.5) is 0 Å². The summed E-state index contributed by atoms with van der Waals surface area (Å²) in [6.45, 7) is 0. The fourth-order valence-electron chi connectivity index (χ4n) is 7.00. The maximum absolute atomic E-state index is 5.15. The summed E-state index contributed by atoms with van der Waals surface area (Å²) in [4.78, 5) is 20.1. The third-order valence-electron chi connectivity index (χ3n) is 9.00. The molecule has 4 heterocycles. The highest BCUT2D eigenvalue weighted by Crippen LogP contribution is 2.42. The first-order valence-electron chi connectivity index (χ1n) is 15.3. The maximum atomic E-state index is 5.15. The number of hydrogen-bond donors (Lipinski definition) is 0. The van der Waals surface area contributed by atoms with Gasteiger partial charge in [0.05, 0.1) is 33.1 Å². The van der Waals surface area contributed by atoms with Gasteiger partial charge in [-0.25, -0.2) is 19.9 Å². The zero-order valence-electron chi connectivity index (χ0n) is 24.5. The Morgan fingerprint density at radius 1 is 0.413 bits per heavy atom. The SMILES string of the molecule is c1ccc(-c2nc(-c3ccccc3)nc(-c3ccc4c5ccccc5n5cnc6cccc(c65)n5c6ccccc6c3c45)n2)cc1. The minimum Gasteiger partial charge on any atom is -0.306 e. The molecule has 6 nitrogen and oxygen atoms in total. The van der Waals surface area contributed by atoms with Crippen molar-refractivity contribution >= 4 is 54.6 Å². The first-order valence-corrected chi connectivity index (χ1v) is 15.3. The molecule has 6 heteroatoms. The molecule has 0 fully saturated rings. The minimum atomic E-state index is 0.640. The van der Waals surface area contributed by atoms with Gasteiger partial charge in [0.1, 0.15) is 6.33 Å². The monoisotopic (exact) mass is 588 g/mol. The quantitative estimate of drug-likeness (QED) is 0.206. The van der Waals surface area contributed by atoms with Crippen molar-refractivity contribution in [2.75, 3.05) is 0 Å². The fourth-order valence-corrected chi connectivity index (χ4v) is 7.00. The summed E-state index contributed by atoms with van der Waals surface area (Å²) in [5.41, 5.74) is 9.30. The van der Waals surface area contributed by atoms with E-state index in [0.29, 0.717) is 17.5 Å². The summed E-state index contributed by atoms with van der Waals surface area (Å²) in [5.74, 6) is 1.93. The summed E-state index contributed by atoms with van der Waals surface area (Å²) in [6, 6.07) is 48.3. The average Bonchev–Trinajstić information content (AvgIpc) is 3.71. The second-order valence-corrected chi connectivity index (χ2v) is 11.6. The highest BCUT2D eigenvalue weighted by atomic mass is 15.0. The molecule has 4 aromatic heterocycles. The molecule has 0 unspecified atom stereocenters. The molecule has 0 amide bonds. The standard InChI is InChI=1S/C40H24N6/c1-3-12-25(13-4-1)38-42-39(26-14-5-2-6-15-26)44-40(43-38)30-23-22-28-27-16-7-9-19-32(27)45-24-41-31-18-11-21-34(37(31)45)46-33-20-10-8-17-29(33)35(30)36(28)46/h1-24H. The first-order chi connectivity index (χ1) is 22.8. The van der Waals surface area contributed by atoms with Gasteiger partial charge in [0.25, 0.3) is 0 Å². The smallest absolute Gasteiger partial charge is 0.164 e. The minimum absolute atomic E-state index is 0.640. The second-order valence-electron chi connectivity index (χ2n) is 11.6. The largest absolute Gasteiger partial charge is 0.306 e. The van der Waals surface area contributed by atoms with Gasteiger partial charge < -0.3 is 4.40 Å². The molecule has 0 aliphatic rings. The molecule has 0 saturated heterocycles. The number of para-hydroxylation sites is 3. The van der Waals surface area contributed by atoms with E-state index in [9.17, 15) is 0 Å². The normalized spacial score (nSPS) is 11.9. The van der Waals surface area contributed by atoms with E-state index in [4.69, 9.17) is 19.9 Å². The van der Waals surface area contributed by atoms with E-state index in [1.165, 1.54) is 0 Å². The highest BCUT2D eigenvalue weighted by molar-refractivity contribution is 6.24. The Hall–Kier alpha value is -6.40. The lowest BCUT2D eigenvalue weighted by molar-refractivity contribution is 1.08. The van der Waals surface area contributed by atoms with E-state index in [-0.39, 0.29) is 0 Å². The van der Waals surface area contributed by atoms with Crippen molar-refractivity contribution in [1.29, 1.82) is 0 Å². The number of fused-ring (bicyclic) bond motifs is 7. The zero-order chi connectivity index (χ0) is 30.2. The Bertz CT molecular complexity index is 2740. The molecular formula is C40H24N6. The van der Waals surface area contributed by atoms with Gasteiger partial charge in [-0.1, -0.05) is 109 Å². The van der Waals surface area contributed by atoms with Crippen LogP contribution in [0.3, 0.4) is 0 Å². The second kappa shape index (κ2) is 9.55. The number of imidazole rings is 1. The maximum Gasteiger partial charge on any atom is 0.164 e. The van der Waals surface area contributed by atoms with Crippen LogP contribution in [0.2, 0.25) is 0 Å². The molecular weight excluding hydrogens is 564 g/mol. The number of hydrogen-bond acceptors (Lipinski definition) is 4. The summed E-state index contributed by atoms with van der Waals surface area (Å²) >= 11 is 0. The average molecular weight is 589 g/mol. The van der Waals surface area contributed by atoms with Crippen LogP contribution in [0.5, 0.6) is 0 Å². The Balaban J connectivity index is 1.43. The summed E-state index contributed by atoms with van der Waals surface area (Å²) in [5, 5.41) is 4.53. The van der Waals surface area contributed by atoms with Crippen LogP contribution in [0, 0.1) is 0 Å². The number of benzene rings is 6. The van der Waals surface area contributed by atoms with Gasteiger partial charge >= 0.3 is 0 Å². The van der Waals surface area contributed by atoms with Crippen LogP contribution in [-0.4, -0.2) is 28.7 Å². The van der Waals surface area contributed by atoms with Crippen LogP contribution < -0.4 is 0 Å². The molecule has 0 aliphatic heterocycles. The molecule has 10 aromatic rings. The van der Waals surface area contributed by atoms with Crippen molar-refractivity contribution in [2.45, 2.75) is 0 Å². The molecule has 0 radical (unpaired) electrons. The summed E-state index contributed by atoms with van der Waals surface area (Å²) < 4.78 is 4.62. The van der Waals surface area contributed by atoms with E-state index < -0.39 is 0 Å². The van der Waals surface area contributed by atoms with Gasteiger partial charge in [0.15, 0.2) is 17.5 Å². The van der Waals surface area contributed by atoms with Crippen LogP contribution in [-0.2, 0) is 0 Å². The molecule has 46 heavy (non-hydrogen) atoms. The van der Waals surface area contributed by atoms with Crippen molar-refractivity contribution in [3.05, 3.63) is 146 Å². The summed E-state index contributed by atoms with van der Waals surface area (Å²) in [6.07, 6.45) is 1.94. The third kappa shape index (κ3) is 3.52. The molecule has 214 valence electrons. The highest BCUT2D eigenvalue weighted by Gasteiger charge is 2.22. The summed E-state index contributed by atoms with van der Waals surface area (Å²) in [7, 11) is 0. The lowest BCUT2D eigenvalue weighted by Gasteiger charge is -2.12. The zero-order valence-corrected chi connectivity index (χ0v) is 24.5. The number of rotatable bonds is 3. The lowest BCUT2D eigenvalue weighted by Crippen LogP contribution is -2.00. The van der Waals surface area contributed by atoms with Gasteiger partial charge in [-0.3, -0.25) is 4.40 Å². The topological polar surface area (TPSA) is 60.4 Å². The molecule has 10 rings (SSSR count). The Labute approximate surface area is 262 Å². The van der Waals surface area contributed by atoms with Crippen molar-refractivity contribution in [2.24, 2.45) is 0 Å². The third-order valence-corrected chi connectivity index (χ3v) is 9.00. The molecule has 0 N–H and O–H groups in total. The van der Waals surface area contributed by atoms with Gasteiger partial charge in [-0.15, -0.1) is 0 Å². The van der Waals surface area contributed by atoms with Crippen molar-refractivity contribution in [3.8, 4) is 34.2 Å². The number of nitrogens with zero attached hydrogens (tertiary/aromatic N) is 6. The van der Waals surface area contributed by atoms with Crippen LogP contribution in [0.1, 0.15) is 0 Å². The van der Waals surface area contributed by atoms with E-state index >= 15 is 0 Å². The van der Waals surface area contributed by atoms with Crippen molar-refractivity contribution < 1.29 is 0 Å². The van der Waals surface area contributed by atoms with E-state index in [1.54, 1.807) is 0 Å². The Morgan fingerprint density at radius 3 is 1.76 bits per heavy atom. The van der Waals surface area contributed by atoms with Crippen molar-refractivity contribution in [3.63, 3.8) is 0 Å². The van der Waals surface area contributed by atoms with Crippen LogP contribution in [0.15, 0.2) is 146 Å². The van der Waals surface area contributed by atoms with E-state index in [0.717, 1.165) is 71.3 Å². The molecule has 0 bridgehead atoms. The van der Waals surface area contributed by atoms with Gasteiger partial charge in [0.2, 0.25) is 0 Å². The van der Waals surface area contributed by atoms with Crippen LogP contribution in [0.25, 0.3) is 88.8 Å². The first kappa shape index (κ1) is 25.0. The van der Waals surface area contributed by atoms with Gasteiger partial charge in [0, 0.05) is 38.2 Å². The predicted octanol–water partition coefficient (Wildman–Crippen LogP) is 9.39. The van der Waals surface area contributed by atoms with E-state index in [1.807, 2.05) is 67.0 Å². The number of aromatic nitrogens is 6. The Morgan fingerprint density at radius 2 is 1.02 bits per heavy atom. The molecule has 0 atom stereocenters. The molecule has 6 aromatic carbocycles. The molecule has 0 aliphatic carbocycles. The molecule has 0 saturated carbocycles. The van der Waals surface area contributed by atoms with Crippen LogP contribution >= 0.6 is 0 Å². The fraction of sp³-hybridized carbons (Fsp3) is 0. The van der Waals surface area contributed by atoms with Gasteiger partial charge in [-0.2, -0.15) is 0 Å². The van der Waals surface area contributed by atoms with Gasteiger partial charge in [-0.05, 0) is 30.3 Å². The predicted molar refractivity (Wildman–Crippen MR) is 186 cm³/mol. The van der Waals surface area contributed by atoms with E-state index in [2.05, 4.69) is 87.7 Å². The van der Waals surface area contributed by atoms with Crippen molar-refractivity contribution in [1.82, 2.24) is 28.7 Å². The lowest BCUT2D eigenvalue weighted by atomic mass is 10.0. The Kier molecular flexibility index (Phi) is 5.19. The molecule has 0 spiro atoms.